The summed E-state index contributed by atoms with van der Waals surface area (Å²) in [6.07, 6.45) is 3.66. The molecule has 30 heavy (non-hydrogen) atoms. The van der Waals surface area contributed by atoms with Crippen LogP contribution in [-0.2, 0) is 42.2 Å². The summed E-state index contributed by atoms with van der Waals surface area (Å²) in [5.41, 5.74) is 0. The fraction of sp³-hybridized carbons (Fsp3) is 0.786. The first kappa shape index (κ1) is 27.4. The summed E-state index contributed by atoms with van der Waals surface area (Å²) < 4.78 is 62.7. The van der Waals surface area contributed by atoms with Gasteiger partial charge in [-0.3, -0.25) is 4.55 Å². The normalized spacial score (nSPS) is 12.4. The van der Waals surface area contributed by atoms with Crippen LogP contribution in [0.2, 0.25) is 0 Å². The second kappa shape index (κ2) is 14.5. The van der Waals surface area contributed by atoms with E-state index >= 15 is 0 Å². The maximum atomic E-state index is 11.1. The highest BCUT2D eigenvalue weighted by Crippen LogP contribution is 2.16. The van der Waals surface area contributed by atoms with E-state index in [1.54, 1.807) is 0 Å². The zero-order chi connectivity index (χ0) is 22.5. The fourth-order valence-electron chi connectivity index (χ4n) is 2.06. The largest absolute Gasteiger partial charge is 0.286 e. The van der Waals surface area contributed by atoms with Crippen molar-refractivity contribution in [1.82, 2.24) is 24.4 Å². The van der Waals surface area contributed by atoms with E-state index in [2.05, 4.69) is 33.6 Å². The fourth-order valence-corrected chi connectivity index (χ4v) is 4.42. The highest BCUT2D eigenvalue weighted by molar-refractivity contribution is 7.99. The molecular formula is C14H27N5O7S4. The number of nitrogens with zero attached hydrogens (tertiary/aromatic N) is 3. The Morgan fingerprint density at radius 2 is 1.63 bits per heavy atom. The van der Waals surface area contributed by atoms with Crippen molar-refractivity contribution in [3.8, 4) is 0 Å². The average Bonchev–Trinajstić information content (AvgIpc) is 2.64. The molecule has 0 unspecified atom stereocenters. The lowest BCUT2D eigenvalue weighted by atomic mass is 10.3. The zero-order valence-electron chi connectivity index (χ0n) is 16.7. The zero-order valence-corrected chi connectivity index (χ0v) is 20.0. The summed E-state index contributed by atoms with van der Waals surface area (Å²) >= 11 is 2.25. The van der Waals surface area contributed by atoms with Gasteiger partial charge in [0.15, 0.2) is 5.16 Å². The van der Waals surface area contributed by atoms with Crippen LogP contribution in [0.3, 0.4) is 0 Å². The van der Waals surface area contributed by atoms with Crippen LogP contribution in [0.25, 0.3) is 0 Å². The van der Waals surface area contributed by atoms with Crippen LogP contribution < -0.4 is 9.44 Å². The van der Waals surface area contributed by atoms with E-state index in [4.69, 9.17) is 4.55 Å². The van der Waals surface area contributed by atoms with Crippen LogP contribution in [-0.4, -0.2) is 74.3 Å². The lowest BCUT2D eigenvalue weighted by molar-refractivity contribution is -0.161. The molecule has 174 valence electrons. The number of hydrogen-bond donors (Lipinski definition) is 3. The summed E-state index contributed by atoms with van der Waals surface area (Å²) in [5, 5.41) is 0.464. The molecule has 1 heterocycles. The maximum Gasteiger partial charge on any atom is 0.264 e. The summed E-state index contributed by atoms with van der Waals surface area (Å²) in [7, 11) is -5.84. The second-order valence-electron chi connectivity index (χ2n) is 6.02. The van der Waals surface area contributed by atoms with Gasteiger partial charge in [0.2, 0.25) is 10.0 Å². The third-order valence-corrected chi connectivity index (χ3v) is 6.26. The number of aromatic nitrogens is 3. The lowest BCUT2D eigenvalue weighted by Gasteiger charge is -2.08. The van der Waals surface area contributed by atoms with Crippen LogP contribution in [0, 0.1) is 0 Å². The van der Waals surface area contributed by atoms with Crippen molar-refractivity contribution in [3.05, 3.63) is 11.6 Å². The van der Waals surface area contributed by atoms with E-state index in [9.17, 15) is 16.8 Å². The van der Waals surface area contributed by atoms with E-state index in [1.165, 1.54) is 18.9 Å². The van der Waals surface area contributed by atoms with Crippen molar-refractivity contribution in [1.29, 1.82) is 0 Å². The maximum absolute atomic E-state index is 11.1. The second-order valence-corrected chi connectivity index (χ2v) is 11.1. The van der Waals surface area contributed by atoms with Gasteiger partial charge in [0, 0.05) is 31.7 Å². The van der Waals surface area contributed by atoms with Crippen LogP contribution in [0.5, 0.6) is 0 Å². The van der Waals surface area contributed by atoms with Crippen molar-refractivity contribution >= 4 is 44.1 Å². The molecule has 0 saturated carbocycles. The molecule has 0 spiro atoms. The lowest BCUT2D eigenvalue weighted by Crippen LogP contribution is -2.23. The topological polar surface area (TPSA) is 170 Å². The Morgan fingerprint density at radius 3 is 2.20 bits per heavy atom. The molecule has 0 saturated heterocycles. The molecule has 1 rings (SSSR count). The standard InChI is InChI=1S/C14H27N5O7S4/c1-25-26-28-15-8-3-6-12-17-13(7-4-9-16-29(2,20)21)19-14(18-12)27-10-5-11-30(22,23)24/h15-16H,3-11H2,1-2H3,(H,22,23,24). The number of nitrogens with one attached hydrogen (secondary N) is 2. The van der Waals surface area contributed by atoms with Crippen molar-refractivity contribution in [3.63, 3.8) is 0 Å². The molecule has 3 N–H and O–H groups in total. The summed E-state index contributed by atoms with van der Waals surface area (Å²) in [5.74, 6) is 1.23. The van der Waals surface area contributed by atoms with Gasteiger partial charge in [0.25, 0.3) is 10.1 Å². The first-order valence-electron chi connectivity index (χ1n) is 8.94. The molecule has 0 fully saturated rings. The molecule has 0 amide bonds. The van der Waals surface area contributed by atoms with Crippen LogP contribution in [0.15, 0.2) is 5.16 Å². The van der Waals surface area contributed by atoms with Gasteiger partial charge in [-0.05, 0) is 19.3 Å². The van der Waals surface area contributed by atoms with Crippen LogP contribution in [0.1, 0.15) is 30.9 Å². The number of sulfonamides is 1. The minimum Gasteiger partial charge on any atom is -0.286 e. The van der Waals surface area contributed by atoms with Crippen molar-refractivity contribution in [2.24, 2.45) is 0 Å². The summed E-state index contributed by atoms with van der Waals surface area (Å²) in [6.45, 7) is 0.904. The molecule has 0 aliphatic carbocycles. The van der Waals surface area contributed by atoms with Gasteiger partial charge in [0.1, 0.15) is 23.9 Å². The van der Waals surface area contributed by atoms with Crippen LogP contribution in [0.4, 0.5) is 0 Å². The first-order chi connectivity index (χ1) is 14.1. The molecule has 1 aromatic rings. The van der Waals surface area contributed by atoms with Gasteiger partial charge in [0.05, 0.1) is 19.1 Å². The van der Waals surface area contributed by atoms with Gasteiger partial charge in [-0.2, -0.15) is 8.42 Å². The Balaban J connectivity index is 2.64. The van der Waals surface area contributed by atoms with Gasteiger partial charge in [-0.25, -0.2) is 37.7 Å². The number of rotatable bonds is 17. The van der Waals surface area contributed by atoms with Gasteiger partial charge in [-0.15, -0.1) is 4.33 Å². The number of aryl methyl sites for hydroxylation is 2. The highest BCUT2D eigenvalue weighted by Gasteiger charge is 2.10. The molecule has 0 atom stereocenters. The van der Waals surface area contributed by atoms with E-state index in [0.29, 0.717) is 48.4 Å². The van der Waals surface area contributed by atoms with E-state index in [0.717, 1.165) is 24.9 Å². The number of hydrogen-bond acceptors (Lipinski definition) is 12. The monoisotopic (exact) mass is 505 g/mol. The number of thioether (sulfide) groups is 1. The average molecular weight is 506 g/mol. The highest BCUT2D eigenvalue weighted by atomic mass is 32.2. The van der Waals surface area contributed by atoms with Crippen molar-refractivity contribution in [2.75, 3.05) is 38.0 Å². The molecule has 0 aliphatic rings. The molecule has 0 aliphatic heterocycles. The van der Waals surface area contributed by atoms with E-state index in [-0.39, 0.29) is 18.7 Å². The molecule has 12 nitrogen and oxygen atoms in total. The van der Waals surface area contributed by atoms with E-state index < -0.39 is 20.1 Å². The van der Waals surface area contributed by atoms with Crippen LogP contribution >= 0.6 is 24.0 Å². The SMILES string of the molecule is COOSNCCCc1nc(CCCNS(C)(=O)=O)nc(SCCCS(=O)(=O)O)n1. The predicted octanol–water partition coefficient (Wildman–Crippen LogP) is 0.387. The minimum absolute atomic E-state index is 0.263. The quantitative estimate of drug-likeness (QED) is 0.0505. The van der Waals surface area contributed by atoms with E-state index in [1.807, 2.05) is 0 Å². The minimum atomic E-state index is -3.99. The van der Waals surface area contributed by atoms with Gasteiger partial charge in [-0.1, -0.05) is 11.8 Å². The summed E-state index contributed by atoms with van der Waals surface area (Å²) in [6, 6.07) is 0. The molecule has 16 heteroatoms. The van der Waals surface area contributed by atoms with Crippen molar-refractivity contribution in [2.45, 2.75) is 37.3 Å². The smallest absolute Gasteiger partial charge is 0.264 e. The molecule has 0 radical (unpaired) electrons. The third kappa shape index (κ3) is 15.2. The third-order valence-electron chi connectivity index (χ3n) is 3.27. The Kier molecular flexibility index (Phi) is 13.2. The Labute approximate surface area is 185 Å². The Bertz CT molecular complexity index is 781. The predicted molar refractivity (Wildman–Crippen MR) is 115 cm³/mol. The van der Waals surface area contributed by atoms with Crippen molar-refractivity contribution < 1.29 is 30.6 Å². The Morgan fingerprint density at radius 1 is 1.00 bits per heavy atom. The molecule has 0 aromatic carbocycles. The first-order valence-corrected chi connectivity index (χ1v) is 14.2. The molecule has 1 aromatic heterocycles. The van der Waals surface area contributed by atoms with Gasteiger partial charge >= 0.3 is 0 Å². The Hall–Kier alpha value is -0.590. The molecule has 0 bridgehead atoms. The molecular weight excluding hydrogens is 478 g/mol. The summed E-state index contributed by atoms with van der Waals surface area (Å²) in [4.78, 5) is 17.6. The van der Waals surface area contributed by atoms with Gasteiger partial charge < -0.3 is 0 Å².